The lowest BCUT2D eigenvalue weighted by molar-refractivity contribution is 0.0965. The van der Waals surface area contributed by atoms with Crippen LogP contribution in [-0.2, 0) is 11.1 Å². The predicted octanol–water partition coefficient (Wildman–Crippen LogP) is 2.87. The fraction of sp³-hybridized carbons (Fsp3) is 0.188. The highest BCUT2D eigenvalue weighted by atomic mass is 32.2. The molecule has 0 bridgehead atoms. The van der Waals surface area contributed by atoms with Crippen LogP contribution in [0.4, 0.5) is 0 Å². The van der Waals surface area contributed by atoms with Gasteiger partial charge in [-0.2, -0.15) is 0 Å². The average Bonchev–Trinajstić information content (AvgIpc) is 3.24. The molecule has 0 saturated heterocycles. The molecule has 4 heteroatoms. The predicted molar refractivity (Wildman–Crippen MR) is 78.0 cm³/mol. The third-order valence-electron chi connectivity index (χ3n) is 3.73. The average molecular weight is 286 g/mol. The maximum absolute atomic E-state index is 12.5. The number of hydrogen-bond donors (Lipinski definition) is 1. The summed E-state index contributed by atoms with van der Waals surface area (Å²) >= 11 is -1.98. The Labute approximate surface area is 119 Å². The van der Waals surface area contributed by atoms with Gasteiger partial charge >= 0.3 is 0 Å². The lowest BCUT2D eigenvalue weighted by atomic mass is 10.0. The molecule has 3 rings (SSSR count). The van der Waals surface area contributed by atoms with Crippen LogP contribution < -0.4 is 0 Å². The number of carbonyl (C=O) groups is 1. The molecule has 0 aromatic heterocycles. The molecule has 0 spiro atoms. The van der Waals surface area contributed by atoms with Crippen LogP contribution in [0.3, 0.4) is 0 Å². The van der Waals surface area contributed by atoms with E-state index >= 15 is 0 Å². The molecule has 0 amide bonds. The monoisotopic (exact) mass is 286 g/mol. The highest BCUT2D eigenvalue weighted by Gasteiger charge is 2.58. The minimum atomic E-state index is -1.98. The van der Waals surface area contributed by atoms with E-state index in [1.807, 2.05) is 36.4 Å². The standard InChI is InChI=1S/C16H14O3S/c17-15(12-9-5-2-6-10-12)14-13(16(14)20(18)19)11-7-3-1-4-8-11/h1-10,13-14,16H,(H,18,19). The van der Waals surface area contributed by atoms with Crippen molar-refractivity contribution in [3.05, 3.63) is 71.8 Å². The van der Waals surface area contributed by atoms with E-state index in [1.54, 1.807) is 24.3 Å². The number of ketones is 1. The second-order valence-corrected chi connectivity index (χ2v) is 6.03. The van der Waals surface area contributed by atoms with E-state index in [1.165, 1.54) is 0 Å². The Morgan fingerprint density at radius 1 is 0.950 bits per heavy atom. The van der Waals surface area contributed by atoms with Crippen molar-refractivity contribution < 1.29 is 13.6 Å². The summed E-state index contributed by atoms with van der Waals surface area (Å²) in [6.07, 6.45) is 0. The van der Waals surface area contributed by atoms with Gasteiger partial charge in [-0.3, -0.25) is 4.79 Å². The van der Waals surface area contributed by atoms with Gasteiger partial charge in [-0.25, -0.2) is 4.21 Å². The summed E-state index contributed by atoms with van der Waals surface area (Å²) in [6, 6.07) is 18.4. The fourth-order valence-electron chi connectivity index (χ4n) is 2.71. The quantitative estimate of drug-likeness (QED) is 0.694. The van der Waals surface area contributed by atoms with E-state index in [2.05, 4.69) is 0 Å². The van der Waals surface area contributed by atoms with Gasteiger partial charge in [0.2, 0.25) is 0 Å². The summed E-state index contributed by atoms with van der Waals surface area (Å²) < 4.78 is 20.9. The van der Waals surface area contributed by atoms with E-state index < -0.39 is 22.2 Å². The second kappa shape index (κ2) is 5.31. The Kier molecular flexibility index (Phi) is 3.51. The van der Waals surface area contributed by atoms with Crippen LogP contribution in [-0.4, -0.2) is 19.8 Å². The van der Waals surface area contributed by atoms with Crippen molar-refractivity contribution in [2.75, 3.05) is 0 Å². The third-order valence-corrected chi connectivity index (χ3v) is 4.78. The third kappa shape index (κ3) is 2.32. The van der Waals surface area contributed by atoms with Gasteiger partial charge in [0.15, 0.2) is 16.9 Å². The summed E-state index contributed by atoms with van der Waals surface area (Å²) in [5.41, 5.74) is 1.56. The van der Waals surface area contributed by atoms with Gasteiger partial charge in [0.05, 0.1) is 5.25 Å². The molecule has 20 heavy (non-hydrogen) atoms. The summed E-state index contributed by atoms with van der Waals surface area (Å²) in [6.45, 7) is 0. The minimum Gasteiger partial charge on any atom is -0.306 e. The highest BCUT2D eigenvalue weighted by molar-refractivity contribution is 7.80. The fourth-order valence-corrected chi connectivity index (χ4v) is 3.74. The lowest BCUT2D eigenvalue weighted by Crippen LogP contribution is -2.07. The number of benzene rings is 2. The van der Waals surface area contributed by atoms with Gasteiger partial charge in [-0.1, -0.05) is 60.7 Å². The number of hydrogen-bond acceptors (Lipinski definition) is 2. The number of Topliss-reactive ketones (excluding diaryl/α,β-unsaturated/α-hetero) is 1. The molecule has 3 nitrogen and oxygen atoms in total. The Morgan fingerprint density at radius 3 is 2.05 bits per heavy atom. The minimum absolute atomic E-state index is 0.0492. The van der Waals surface area contributed by atoms with E-state index in [-0.39, 0.29) is 11.7 Å². The lowest BCUT2D eigenvalue weighted by Gasteiger charge is -2.00. The largest absolute Gasteiger partial charge is 0.306 e. The summed E-state index contributed by atoms with van der Waals surface area (Å²) in [5, 5.41) is -0.495. The molecular formula is C16H14O3S. The Bertz CT molecular complexity index is 639. The maximum Gasteiger partial charge on any atom is 0.167 e. The van der Waals surface area contributed by atoms with Gasteiger partial charge in [0.1, 0.15) is 0 Å². The van der Waals surface area contributed by atoms with Crippen molar-refractivity contribution in [3.63, 3.8) is 0 Å². The van der Waals surface area contributed by atoms with Crippen molar-refractivity contribution in [3.8, 4) is 0 Å². The van der Waals surface area contributed by atoms with Crippen molar-refractivity contribution in [2.45, 2.75) is 11.2 Å². The van der Waals surface area contributed by atoms with E-state index in [4.69, 9.17) is 0 Å². The van der Waals surface area contributed by atoms with E-state index in [9.17, 15) is 13.6 Å². The summed E-state index contributed by atoms with van der Waals surface area (Å²) in [4.78, 5) is 12.5. The zero-order valence-electron chi connectivity index (χ0n) is 10.7. The van der Waals surface area contributed by atoms with Crippen LogP contribution in [0.25, 0.3) is 0 Å². The normalized spacial score (nSPS) is 25.9. The SMILES string of the molecule is O=C(c1ccccc1)C1C(c2ccccc2)C1S(=O)O. The first-order valence-corrected chi connectivity index (χ1v) is 7.61. The molecule has 1 fully saturated rings. The topological polar surface area (TPSA) is 54.4 Å². The molecule has 4 unspecified atom stereocenters. The van der Waals surface area contributed by atoms with Crippen LogP contribution >= 0.6 is 0 Å². The smallest absolute Gasteiger partial charge is 0.167 e. The van der Waals surface area contributed by atoms with E-state index in [0.29, 0.717) is 5.56 Å². The molecule has 1 aliphatic rings. The molecular weight excluding hydrogens is 272 g/mol. The summed E-state index contributed by atoms with van der Waals surface area (Å²) in [7, 11) is 0. The number of rotatable bonds is 4. The molecule has 0 radical (unpaired) electrons. The van der Waals surface area contributed by atoms with Crippen molar-refractivity contribution >= 4 is 16.9 Å². The molecule has 2 aromatic rings. The molecule has 1 N–H and O–H groups in total. The van der Waals surface area contributed by atoms with Crippen LogP contribution in [0.2, 0.25) is 0 Å². The van der Waals surface area contributed by atoms with Gasteiger partial charge in [-0.15, -0.1) is 0 Å². The van der Waals surface area contributed by atoms with Gasteiger partial charge in [-0.05, 0) is 5.56 Å². The zero-order chi connectivity index (χ0) is 14.1. The highest BCUT2D eigenvalue weighted by Crippen LogP contribution is 2.52. The maximum atomic E-state index is 12.5. The summed E-state index contributed by atoms with van der Waals surface area (Å²) in [5.74, 6) is -0.604. The first kappa shape index (κ1) is 13.2. The van der Waals surface area contributed by atoms with Crippen LogP contribution in [0, 0.1) is 5.92 Å². The molecule has 1 saturated carbocycles. The van der Waals surface area contributed by atoms with Crippen LogP contribution in [0.5, 0.6) is 0 Å². The van der Waals surface area contributed by atoms with Crippen LogP contribution in [0.1, 0.15) is 21.8 Å². The molecule has 1 aliphatic carbocycles. The van der Waals surface area contributed by atoms with Gasteiger partial charge in [0.25, 0.3) is 0 Å². The van der Waals surface area contributed by atoms with Crippen molar-refractivity contribution in [2.24, 2.45) is 5.92 Å². The molecule has 102 valence electrons. The Hall–Kier alpha value is -1.78. The van der Waals surface area contributed by atoms with Gasteiger partial charge in [0, 0.05) is 17.4 Å². The Balaban J connectivity index is 1.90. The van der Waals surface area contributed by atoms with Gasteiger partial charge < -0.3 is 4.55 Å². The first-order chi connectivity index (χ1) is 9.70. The molecule has 4 atom stereocenters. The Morgan fingerprint density at radius 2 is 1.50 bits per heavy atom. The number of carbonyl (C=O) groups excluding carboxylic acids is 1. The molecule has 2 aromatic carbocycles. The molecule has 0 aliphatic heterocycles. The van der Waals surface area contributed by atoms with E-state index in [0.717, 1.165) is 5.56 Å². The van der Waals surface area contributed by atoms with Crippen molar-refractivity contribution in [1.29, 1.82) is 0 Å². The molecule has 0 heterocycles. The van der Waals surface area contributed by atoms with Crippen molar-refractivity contribution in [1.82, 2.24) is 0 Å². The zero-order valence-corrected chi connectivity index (χ0v) is 11.5. The second-order valence-electron chi connectivity index (χ2n) is 4.93. The van der Waals surface area contributed by atoms with Crippen LogP contribution in [0.15, 0.2) is 60.7 Å². The first-order valence-electron chi connectivity index (χ1n) is 6.44.